The van der Waals surface area contributed by atoms with Crippen LogP contribution in [0.2, 0.25) is 0 Å². The van der Waals surface area contributed by atoms with Crippen molar-refractivity contribution >= 4 is 15.9 Å². The summed E-state index contributed by atoms with van der Waals surface area (Å²) in [5.74, 6) is -0.0377. The summed E-state index contributed by atoms with van der Waals surface area (Å²) in [6.07, 6.45) is 7.60. The minimum atomic E-state index is -3.54. The highest BCUT2D eigenvalue weighted by atomic mass is 32.2. The first-order valence-corrected chi connectivity index (χ1v) is 11.2. The number of piperazine rings is 1. The number of rotatable bonds is 6. The maximum atomic E-state index is 12.6. The highest BCUT2D eigenvalue weighted by Crippen LogP contribution is 2.20. The summed E-state index contributed by atoms with van der Waals surface area (Å²) < 4.78 is 27.6. The third-order valence-electron chi connectivity index (χ3n) is 5.33. The van der Waals surface area contributed by atoms with Crippen LogP contribution in [0.4, 0.5) is 0 Å². The van der Waals surface area contributed by atoms with Gasteiger partial charge in [0.2, 0.25) is 10.0 Å². The Labute approximate surface area is 162 Å². The number of sulfonamides is 1. The first kappa shape index (κ1) is 20.0. The molecule has 0 aromatic heterocycles. The fourth-order valence-electron chi connectivity index (χ4n) is 3.53. The predicted octanol–water partition coefficient (Wildman–Crippen LogP) is 2.24. The molecule has 148 valence electrons. The Kier molecular flexibility index (Phi) is 6.68. The van der Waals surface area contributed by atoms with Crippen LogP contribution in [-0.4, -0.2) is 63.9 Å². The lowest BCUT2D eigenvalue weighted by Gasteiger charge is -2.32. The van der Waals surface area contributed by atoms with Crippen molar-refractivity contribution in [2.24, 2.45) is 0 Å². The van der Waals surface area contributed by atoms with Crippen LogP contribution in [0.1, 0.15) is 42.5 Å². The number of nitrogens with one attached hydrogen (secondary N) is 1. The Hall–Kier alpha value is -1.70. The van der Waals surface area contributed by atoms with Crippen LogP contribution in [0, 0.1) is 0 Å². The van der Waals surface area contributed by atoms with E-state index in [1.54, 1.807) is 12.1 Å². The molecule has 0 spiro atoms. The molecule has 2 aliphatic rings. The highest BCUT2D eigenvalue weighted by molar-refractivity contribution is 7.89. The molecule has 0 bridgehead atoms. The van der Waals surface area contributed by atoms with E-state index >= 15 is 0 Å². The Bertz CT molecular complexity index is 779. The van der Waals surface area contributed by atoms with Gasteiger partial charge in [-0.3, -0.25) is 4.79 Å². The number of hydrogen-bond donors (Lipinski definition) is 1. The van der Waals surface area contributed by atoms with E-state index in [4.69, 9.17) is 0 Å². The lowest BCUT2D eigenvalue weighted by Crippen LogP contribution is -2.47. The van der Waals surface area contributed by atoms with Gasteiger partial charge in [-0.25, -0.2) is 13.1 Å². The molecule has 3 rings (SSSR count). The minimum Gasteiger partial charge on any atom is -0.336 e. The Balaban J connectivity index is 1.56. The average Bonchev–Trinajstić information content (AvgIpc) is 2.69. The van der Waals surface area contributed by atoms with E-state index in [0.717, 1.165) is 32.4 Å². The average molecular weight is 392 g/mol. The molecule has 1 aliphatic carbocycles. The second-order valence-electron chi connectivity index (χ2n) is 7.38. The van der Waals surface area contributed by atoms with Crippen LogP contribution in [-0.2, 0) is 10.0 Å². The number of amides is 1. The molecular formula is C20H29N3O3S. The second kappa shape index (κ2) is 8.99. The van der Waals surface area contributed by atoms with Crippen molar-refractivity contribution < 1.29 is 13.2 Å². The lowest BCUT2D eigenvalue weighted by atomic mass is 9.97. The SMILES string of the molecule is CN1CCN(C(=O)c2ccc(S(=O)(=O)NCCC3=CCCCC3)cc2)CC1. The third kappa shape index (κ3) is 5.40. The molecule has 1 aromatic carbocycles. The van der Waals surface area contributed by atoms with Gasteiger partial charge < -0.3 is 9.80 Å². The van der Waals surface area contributed by atoms with E-state index in [1.807, 2.05) is 11.9 Å². The lowest BCUT2D eigenvalue weighted by molar-refractivity contribution is 0.0664. The third-order valence-corrected chi connectivity index (χ3v) is 6.80. The summed E-state index contributed by atoms with van der Waals surface area (Å²) in [6.45, 7) is 3.53. The number of nitrogens with zero attached hydrogens (tertiary/aromatic N) is 2. The van der Waals surface area contributed by atoms with Gasteiger partial charge in [0, 0.05) is 38.3 Å². The van der Waals surface area contributed by atoms with E-state index in [-0.39, 0.29) is 10.8 Å². The van der Waals surface area contributed by atoms with Crippen molar-refractivity contribution in [2.45, 2.75) is 37.0 Å². The molecule has 0 unspecified atom stereocenters. The molecule has 0 atom stereocenters. The molecule has 1 heterocycles. The molecule has 0 radical (unpaired) electrons. The van der Waals surface area contributed by atoms with Crippen molar-refractivity contribution in [3.63, 3.8) is 0 Å². The number of carbonyl (C=O) groups is 1. The normalized spacial score (nSPS) is 19.0. The quantitative estimate of drug-likeness (QED) is 0.755. The summed E-state index contributed by atoms with van der Waals surface area (Å²) in [5.41, 5.74) is 1.88. The van der Waals surface area contributed by atoms with Gasteiger partial charge in [-0.05, 0) is 63.4 Å². The smallest absolute Gasteiger partial charge is 0.253 e. The van der Waals surface area contributed by atoms with Gasteiger partial charge in [0.15, 0.2) is 0 Å². The fraction of sp³-hybridized carbons (Fsp3) is 0.550. The van der Waals surface area contributed by atoms with Crippen molar-refractivity contribution in [1.82, 2.24) is 14.5 Å². The zero-order valence-electron chi connectivity index (χ0n) is 16.0. The number of likely N-dealkylation sites (N-methyl/N-ethyl adjacent to an activating group) is 1. The molecule has 6 nitrogen and oxygen atoms in total. The van der Waals surface area contributed by atoms with E-state index < -0.39 is 10.0 Å². The van der Waals surface area contributed by atoms with Gasteiger partial charge in [-0.15, -0.1) is 0 Å². The number of carbonyl (C=O) groups excluding carboxylic acids is 1. The molecule has 1 aliphatic heterocycles. The second-order valence-corrected chi connectivity index (χ2v) is 9.14. The van der Waals surface area contributed by atoms with Gasteiger partial charge in [-0.2, -0.15) is 0 Å². The molecule has 1 fully saturated rings. The largest absolute Gasteiger partial charge is 0.336 e. The van der Waals surface area contributed by atoms with Crippen LogP contribution < -0.4 is 4.72 Å². The summed E-state index contributed by atoms with van der Waals surface area (Å²) in [7, 11) is -1.50. The van der Waals surface area contributed by atoms with E-state index in [0.29, 0.717) is 25.2 Å². The molecule has 27 heavy (non-hydrogen) atoms. The van der Waals surface area contributed by atoms with E-state index in [1.165, 1.54) is 30.5 Å². The maximum absolute atomic E-state index is 12.6. The first-order valence-electron chi connectivity index (χ1n) is 9.71. The molecule has 0 saturated carbocycles. The van der Waals surface area contributed by atoms with Gasteiger partial charge in [-0.1, -0.05) is 11.6 Å². The molecule has 1 aromatic rings. The fourth-order valence-corrected chi connectivity index (χ4v) is 4.56. The number of hydrogen-bond acceptors (Lipinski definition) is 4. The van der Waals surface area contributed by atoms with Crippen molar-refractivity contribution in [3.05, 3.63) is 41.5 Å². The Morgan fingerprint density at radius 1 is 1.07 bits per heavy atom. The summed E-state index contributed by atoms with van der Waals surface area (Å²) >= 11 is 0. The molecule has 1 amide bonds. The van der Waals surface area contributed by atoms with Gasteiger partial charge in [0.05, 0.1) is 4.90 Å². The van der Waals surface area contributed by atoms with Crippen LogP contribution in [0.25, 0.3) is 0 Å². The standard InChI is InChI=1S/C20H29N3O3S/c1-22-13-15-23(16-14-22)20(24)18-7-9-19(10-8-18)27(25,26)21-12-11-17-5-3-2-4-6-17/h5,7-10,21H,2-4,6,11-16H2,1H3. The number of allylic oxidation sites excluding steroid dienone is 1. The zero-order chi connectivity index (χ0) is 19.3. The highest BCUT2D eigenvalue weighted by Gasteiger charge is 2.21. The molecule has 1 saturated heterocycles. The minimum absolute atomic E-state index is 0.0377. The van der Waals surface area contributed by atoms with Crippen LogP contribution >= 0.6 is 0 Å². The van der Waals surface area contributed by atoms with Crippen LogP contribution in [0.5, 0.6) is 0 Å². The van der Waals surface area contributed by atoms with Crippen molar-refractivity contribution in [1.29, 1.82) is 0 Å². The zero-order valence-corrected chi connectivity index (χ0v) is 16.8. The summed E-state index contributed by atoms with van der Waals surface area (Å²) in [5, 5.41) is 0. The van der Waals surface area contributed by atoms with Crippen molar-refractivity contribution in [2.75, 3.05) is 39.8 Å². The maximum Gasteiger partial charge on any atom is 0.253 e. The molecular weight excluding hydrogens is 362 g/mol. The van der Waals surface area contributed by atoms with Crippen LogP contribution in [0.15, 0.2) is 40.8 Å². The van der Waals surface area contributed by atoms with Crippen LogP contribution in [0.3, 0.4) is 0 Å². The van der Waals surface area contributed by atoms with Gasteiger partial charge >= 0.3 is 0 Å². The topological polar surface area (TPSA) is 69.7 Å². The Morgan fingerprint density at radius 3 is 2.41 bits per heavy atom. The van der Waals surface area contributed by atoms with E-state index in [2.05, 4.69) is 15.7 Å². The predicted molar refractivity (Wildman–Crippen MR) is 106 cm³/mol. The molecule has 7 heteroatoms. The Morgan fingerprint density at radius 2 is 1.78 bits per heavy atom. The van der Waals surface area contributed by atoms with E-state index in [9.17, 15) is 13.2 Å². The monoisotopic (exact) mass is 391 g/mol. The van der Waals surface area contributed by atoms with Crippen molar-refractivity contribution in [3.8, 4) is 0 Å². The summed E-state index contributed by atoms with van der Waals surface area (Å²) in [6, 6.07) is 6.26. The van der Waals surface area contributed by atoms with Gasteiger partial charge in [0.1, 0.15) is 0 Å². The number of benzene rings is 1. The summed E-state index contributed by atoms with van der Waals surface area (Å²) in [4.78, 5) is 16.8. The van der Waals surface area contributed by atoms with Gasteiger partial charge in [0.25, 0.3) is 5.91 Å². The molecule has 1 N–H and O–H groups in total. The first-order chi connectivity index (χ1) is 13.0.